The standard InChI is InChI=1S/C17H21ClN2/c1-17(2,3)15-10-13(12-18)11-16(19-15)20(4)14-8-6-5-7-9-14/h5-11H,12H2,1-4H3. The number of hydrogen-bond acceptors (Lipinski definition) is 2. The van der Waals surface area contributed by atoms with Crippen molar-refractivity contribution in [2.45, 2.75) is 32.1 Å². The van der Waals surface area contributed by atoms with Gasteiger partial charge in [-0.25, -0.2) is 4.98 Å². The highest BCUT2D eigenvalue weighted by atomic mass is 35.5. The summed E-state index contributed by atoms with van der Waals surface area (Å²) in [6, 6.07) is 14.4. The fourth-order valence-corrected chi connectivity index (χ4v) is 2.14. The van der Waals surface area contributed by atoms with Gasteiger partial charge in [-0.2, -0.15) is 0 Å². The molecule has 0 aliphatic carbocycles. The van der Waals surface area contributed by atoms with Gasteiger partial charge in [0.2, 0.25) is 0 Å². The van der Waals surface area contributed by atoms with E-state index in [9.17, 15) is 0 Å². The Morgan fingerprint density at radius 2 is 1.75 bits per heavy atom. The average molecular weight is 289 g/mol. The van der Waals surface area contributed by atoms with E-state index in [2.05, 4.69) is 49.9 Å². The van der Waals surface area contributed by atoms with E-state index >= 15 is 0 Å². The summed E-state index contributed by atoms with van der Waals surface area (Å²) in [5, 5.41) is 0. The van der Waals surface area contributed by atoms with Crippen molar-refractivity contribution in [2.75, 3.05) is 11.9 Å². The Kier molecular flexibility index (Phi) is 4.34. The summed E-state index contributed by atoms with van der Waals surface area (Å²) in [6.07, 6.45) is 0. The molecule has 3 heteroatoms. The van der Waals surface area contributed by atoms with E-state index < -0.39 is 0 Å². The van der Waals surface area contributed by atoms with E-state index in [1.54, 1.807) is 0 Å². The Morgan fingerprint density at radius 3 is 2.30 bits per heavy atom. The van der Waals surface area contributed by atoms with Crippen LogP contribution >= 0.6 is 11.6 Å². The van der Waals surface area contributed by atoms with E-state index in [1.807, 2.05) is 25.2 Å². The number of halogens is 1. The maximum atomic E-state index is 6.03. The second-order valence-corrected chi connectivity index (χ2v) is 6.26. The predicted molar refractivity (Wildman–Crippen MR) is 87.0 cm³/mol. The van der Waals surface area contributed by atoms with Gasteiger partial charge in [-0.05, 0) is 29.8 Å². The third kappa shape index (κ3) is 3.31. The first kappa shape index (κ1) is 14.9. The van der Waals surface area contributed by atoms with Gasteiger partial charge in [-0.3, -0.25) is 0 Å². The van der Waals surface area contributed by atoms with Crippen molar-refractivity contribution < 1.29 is 0 Å². The molecule has 2 aromatic rings. The predicted octanol–water partition coefficient (Wildman–Crippen LogP) is 4.89. The molecule has 0 N–H and O–H groups in total. The van der Waals surface area contributed by atoms with Gasteiger partial charge in [0.1, 0.15) is 5.82 Å². The first-order valence-corrected chi connectivity index (χ1v) is 7.31. The Labute approximate surface area is 126 Å². The molecule has 0 spiro atoms. The Hall–Kier alpha value is -1.54. The molecule has 0 fully saturated rings. The van der Waals surface area contributed by atoms with Crippen LogP contribution in [0.2, 0.25) is 0 Å². The molecule has 0 radical (unpaired) electrons. The van der Waals surface area contributed by atoms with Crippen LogP contribution in [0, 0.1) is 0 Å². The molecule has 0 saturated carbocycles. The van der Waals surface area contributed by atoms with Gasteiger partial charge in [-0.15, -0.1) is 11.6 Å². The van der Waals surface area contributed by atoms with E-state index in [1.165, 1.54) is 0 Å². The molecular weight excluding hydrogens is 268 g/mol. The van der Waals surface area contributed by atoms with Crippen LogP contribution in [0.5, 0.6) is 0 Å². The normalized spacial score (nSPS) is 11.4. The molecule has 20 heavy (non-hydrogen) atoms. The van der Waals surface area contributed by atoms with Crippen molar-refractivity contribution in [3.63, 3.8) is 0 Å². The molecule has 0 bridgehead atoms. The first-order valence-electron chi connectivity index (χ1n) is 6.78. The van der Waals surface area contributed by atoms with Crippen molar-refractivity contribution in [1.29, 1.82) is 0 Å². The zero-order chi connectivity index (χ0) is 14.8. The number of benzene rings is 1. The highest BCUT2D eigenvalue weighted by Gasteiger charge is 2.18. The molecule has 0 aliphatic heterocycles. The molecule has 0 saturated heterocycles. The molecule has 1 aromatic carbocycles. The molecule has 0 aliphatic rings. The number of anilines is 2. The third-order valence-corrected chi connectivity index (χ3v) is 3.59. The number of para-hydroxylation sites is 1. The monoisotopic (exact) mass is 288 g/mol. The molecule has 1 aromatic heterocycles. The van der Waals surface area contributed by atoms with E-state index in [0.29, 0.717) is 5.88 Å². The number of rotatable bonds is 3. The van der Waals surface area contributed by atoms with Gasteiger partial charge >= 0.3 is 0 Å². The molecule has 0 atom stereocenters. The quantitative estimate of drug-likeness (QED) is 0.748. The number of hydrogen-bond donors (Lipinski definition) is 0. The van der Waals surface area contributed by atoms with Gasteiger partial charge in [0.25, 0.3) is 0 Å². The second kappa shape index (κ2) is 5.84. The van der Waals surface area contributed by atoms with Crippen molar-refractivity contribution >= 4 is 23.1 Å². The van der Waals surface area contributed by atoms with E-state index in [-0.39, 0.29) is 5.41 Å². The summed E-state index contributed by atoms with van der Waals surface area (Å²) in [4.78, 5) is 6.88. The summed E-state index contributed by atoms with van der Waals surface area (Å²) in [7, 11) is 2.03. The third-order valence-electron chi connectivity index (χ3n) is 3.28. The summed E-state index contributed by atoms with van der Waals surface area (Å²) < 4.78 is 0. The van der Waals surface area contributed by atoms with Crippen molar-refractivity contribution in [2.24, 2.45) is 0 Å². The van der Waals surface area contributed by atoms with Crippen LogP contribution in [0.25, 0.3) is 0 Å². The van der Waals surface area contributed by atoms with Gasteiger partial charge in [0.05, 0.1) is 0 Å². The van der Waals surface area contributed by atoms with Crippen LogP contribution in [0.1, 0.15) is 32.0 Å². The maximum Gasteiger partial charge on any atom is 0.133 e. The Morgan fingerprint density at radius 1 is 1.10 bits per heavy atom. The number of alkyl halides is 1. The minimum Gasteiger partial charge on any atom is -0.329 e. The molecule has 2 rings (SSSR count). The summed E-state index contributed by atoms with van der Waals surface area (Å²) >= 11 is 6.03. The van der Waals surface area contributed by atoms with Crippen molar-refractivity contribution in [3.8, 4) is 0 Å². The summed E-state index contributed by atoms with van der Waals surface area (Å²) in [5.41, 5.74) is 3.29. The van der Waals surface area contributed by atoms with Crippen LogP contribution in [-0.2, 0) is 11.3 Å². The fourth-order valence-electron chi connectivity index (χ4n) is 1.99. The van der Waals surface area contributed by atoms with E-state index in [4.69, 9.17) is 16.6 Å². The van der Waals surface area contributed by atoms with Crippen LogP contribution in [0.3, 0.4) is 0 Å². The fraction of sp³-hybridized carbons (Fsp3) is 0.353. The lowest BCUT2D eigenvalue weighted by molar-refractivity contribution is 0.568. The van der Waals surface area contributed by atoms with E-state index in [0.717, 1.165) is 22.8 Å². The molecule has 0 unspecified atom stereocenters. The molecule has 2 nitrogen and oxygen atoms in total. The van der Waals surface area contributed by atoms with Crippen LogP contribution in [-0.4, -0.2) is 12.0 Å². The number of nitrogens with zero attached hydrogens (tertiary/aromatic N) is 2. The van der Waals surface area contributed by atoms with Crippen molar-refractivity contribution in [1.82, 2.24) is 4.98 Å². The zero-order valence-electron chi connectivity index (χ0n) is 12.5. The van der Waals surface area contributed by atoms with Crippen LogP contribution in [0.15, 0.2) is 42.5 Å². The minimum atomic E-state index is 0.00828. The average Bonchev–Trinajstić information content (AvgIpc) is 2.46. The number of aromatic nitrogens is 1. The smallest absolute Gasteiger partial charge is 0.133 e. The second-order valence-electron chi connectivity index (χ2n) is 6.00. The van der Waals surface area contributed by atoms with Gasteiger partial charge in [-0.1, -0.05) is 39.0 Å². The topological polar surface area (TPSA) is 16.1 Å². The lowest BCUT2D eigenvalue weighted by atomic mass is 9.91. The van der Waals surface area contributed by atoms with Gasteiger partial charge < -0.3 is 4.90 Å². The lowest BCUT2D eigenvalue weighted by Crippen LogP contribution is -2.18. The number of pyridine rings is 1. The Bertz CT molecular complexity index is 573. The summed E-state index contributed by atoms with van der Waals surface area (Å²) in [5.74, 6) is 1.43. The minimum absolute atomic E-state index is 0.00828. The van der Waals surface area contributed by atoms with Gasteiger partial charge in [0.15, 0.2) is 0 Å². The summed E-state index contributed by atoms with van der Waals surface area (Å²) in [6.45, 7) is 6.50. The highest BCUT2D eigenvalue weighted by Crippen LogP contribution is 2.28. The van der Waals surface area contributed by atoms with Crippen LogP contribution < -0.4 is 4.90 Å². The van der Waals surface area contributed by atoms with Crippen molar-refractivity contribution in [3.05, 3.63) is 53.7 Å². The van der Waals surface area contributed by atoms with Crippen LogP contribution in [0.4, 0.5) is 11.5 Å². The SMILES string of the molecule is CN(c1ccccc1)c1cc(CCl)cc(C(C)(C)C)n1. The molecule has 1 heterocycles. The molecular formula is C17H21ClN2. The largest absolute Gasteiger partial charge is 0.329 e. The first-order chi connectivity index (χ1) is 9.41. The van der Waals surface area contributed by atoms with Gasteiger partial charge in [0, 0.05) is 29.7 Å². The molecule has 106 valence electrons. The maximum absolute atomic E-state index is 6.03. The lowest BCUT2D eigenvalue weighted by Gasteiger charge is -2.24. The Balaban J connectivity index is 2.46. The highest BCUT2D eigenvalue weighted by molar-refractivity contribution is 6.17. The molecule has 0 amide bonds. The zero-order valence-corrected chi connectivity index (χ0v) is 13.3.